The lowest BCUT2D eigenvalue weighted by Gasteiger charge is -2.09. The van der Waals surface area contributed by atoms with E-state index in [4.69, 9.17) is 0 Å². The summed E-state index contributed by atoms with van der Waals surface area (Å²) in [4.78, 5) is 0. The maximum Gasteiger partial charge on any atom is -0.00986 e. The first-order valence-corrected chi connectivity index (χ1v) is 8.24. The zero-order valence-corrected chi connectivity index (χ0v) is 13.3. The van der Waals surface area contributed by atoms with Crippen molar-refractivity contribution in [1.29, 1.82) is 0 Å². The van der Waals surface area contributed by atoms with Crippen molar-refractivity contribution in [2.24, 2.45) is 0 Å². The van der Waals surface area contributed by atoms with E-state index in [9.17, 15) is 0 Å². The molecule has 112 valence electrons. The summed E-state index contributed by atoms with van der Waals surface area (Å²) in [5.41, 5.74) is 1.19. The number of rotatable bonds is 1. The number of fused-ring (bicyclic) bond motifs is 5. The third kappa shape index (κ3) is 1.87. The van der Waals surface area contributed by atoms with Crippen LogP contribution in [-0.4, -0.2) is 0 Å². The summed E-state index contributed by atoms with van der Waals surface area (Å²) in [6.07, 6.45) is 1.94. The van der Waals surface area contributed by atoms with Crippen molar-refractivity contribution in [1.82, 2.24) is 0 Å². The molecular weight excluding hydrogens is 288 g/mol. The van der Waals surface area contributed by atoms with Crippen molar-refractivity contribution in [3.8, 4) is 0 Å². The van der Waals surface area contributed by atoms with Gasteiger partial charge in [-0.1, -0.05) is 67.3 Å². The fraction of sp³-hybridized carbons (Fsp3) is 0. The van der Waals surface area contributed by atoms with E-state index in [-0.39, 0.29) is 0 Å². The van der Waals surface area contributed by atoms with Gasteiger partial charge in [0.15, 0.2) is 0 Å². The van der Waals surface area contributed by atoms with E-state index < -0.39 is 0 Å². The van der Waals surface area contributed by atoms with E-state index in [1.165, 1.54) is 48.7 Å². The number of benzene rings is 5. The van der Waals surface area contributed by atoms with Crippen molar-refractivity contribution >= 4 is 49.2 Å². The molecular formula is C24H16. The predicted octanol–water partition coefficient (Wildman–Crippen LogP) is 6.94. The van der Waals surface area contributed by atoms with Crippen LogP contribution in [0.25, 0.3) is 49.2 Å². The van der Waals surface area contributed by atoms with Gasteiger partial charge in [0, 0.05) is 0 Å². The predicted molar refractivity (Wildman–Crippen MR) is 107 cm³/mol. The molecule has 0 unspecified atom stereocenters. The van der Waals surface area contributed by atoms with Gasteiger partial charge in [0.2, 0.25) is 0 Å². The van der Waals surface area contributed by atoms with Crippen LogP contribution in [-0.2, 0) is 0 Å². The summed E-state index contributed by atoms with van der Waals surface area (Å²) < 4.78 is 0. The van der Waals surface area contributed by atoms with Gasteiger partial charge in [-0.15, -0.1) is 0 Å². The monoisotopic (exact) mass is 304 g/mol. The Kier molecular flexibility index (Phi) is 2.74. The molecule has 5 aromatic rings. The average Bonchev–Trinajstić information content (AvgIpc) is 2.64. The summed E-state index contributed by atoms with van der Waals surface area (Å²) in [7, 11) is 0. The van der Waals surface area contributed by atoms with Crippen molar-refractivity contribution in [2.45, 2.75) is 0 Å². The molecule has 0 aliphatic carbocycles. The van der Waals surface area contributed by atoms with Crippen molar-refractivity contribution in [3.63, 3.8) is 0 Å². The fourth-order valence-corrected chi connectivity index (χ4v) is 3.72. The van der Waals surface area contributed by atoms with Crippen molar-refractivity contribution in [3.05, 3.63) is 91.0 Å². The lowest BCUT2D eigenvalue weighted by molar-refractivity contribution is 1.75. The van der Waals surface area contributed by atoms with Crippen LogP contribution in [0.15, 0.2) is 85.4 Å². The van der Waals surface area contributed by atoms with E-state index in [0.29, 0.717) is 0 Å². The molecule has 0 heteroatoms. The van der Waals surface area contributed by atoms with Crippen LogP contribution in [0.1, 0.15) is 5.56 Å². The van der Waals surface area contributed by atoms with Gasteiger partial charge in [0.25, 0.3) is 0 Å². The van der Waals surface area contributed by atoms with E-state index in [0.717, 1.165) is 0 Å². The lowest BCUT2D eigenvalue weighted by Crippen LogP contribution is -1.83. The second kappa shape index (κ2) is 4.94. The van der Waals surface area contributed by atoms with E-state index >= 15 is 0 Å². The molecule has 0 aromatic heterocycles. The smallest absolute Gasteiger partial charge is 0.00986 e. The Labute approximate surface area is 140 Å². The van der Waals surface area contributed by atoms with Gasteiger partial charge >= 0.3 is 0 Å². The molecule has 0 nitrogen and oxygen atoms in total. The Bertz CT molecular complexity index is 1260. The molecule has 0 fully saturated rings. The molecule has 0 aliphatic heterocycles. The Morgan fingerprint density at radius 3 is 1.83 bits per heavy atom. The van der Waals surface area contributed by atoms with Crippen LogP contribution < -0.4 is 0 Å². The second-order valence-electron chi connectivity index (χ2n) is 6.33. The van der Waals surface area contributed by atoms with Crippen LogP contribution in [0.3, 0.4) is 0 Å². The summed E-state index contributed by atoms with van der Waals surface area (Å²) in [5.74, 6) is 0. The first-order chi connectivity index (χ1) is 11.8. The molecule has 0 saturated heterocycles. The molecule has 0 heterocycles. The zero-order valence-electron chi connectivity index (χ0n) is 13.3. The van der Waals surface area contributed by atoms with Crippen LogP contribution in [0.5, 0.6) is 0 Å². The van der Waals surface area contributed by atoms with Crippen LogP contribution in [0.4, 0.5) is 0 Å². The first kappa shape index (κ1) is 13.3. The van der Waals surface area contributed by atoms with Gasteiger partial charge in [-0.3, -0.25) is 0 Å². The van der Waals surface area contributed by atoms with Gasteiger partial charge in [0.05, 0.1) is 0 Å². The van der Waals surface area contributed by atoms with Gasteiger partial charge in [-0.2, -0.15) is 0 Å². The van der Waals surface area contributed by atoms with Gasteiger partial charge < -0.3 is 0 Å². The summed E-state index contributed by atoms with van der Waals surface area (Å²) in [5, 5.41) is 10.3. The van der Waals surface area contributed by atoms with Crippen LogP contribution in [0.2, 0.25) is 0 Å². The van der Waals surface area contributed by atoms with Gasteiger partial charge in [-0.05, 0) is 72.9 Å². The van der Waals surface area contributed by atoms with Crippen molar-refractivity contribution < 1.29 is 0 Å². The minimum Gasteiger partial charge on any atom is -0.0984 e. The summed E-state index contributed by atoms with van der Waals surface area (Å²) >= 11 is 0. The third-order valence-corrected chi connectivity index (χ3v) is 4.95. The minimum atomic E-state index is 1.19. The number of hydrogen-bond acceptors (Lipinski definition) is 0. The quantitative estimate of drug-likeness (QED) is 0.232. The maximum absolute atomic E-state index is 3.96. The van der Waals surface area contributed by atoms with Crippen LogP contribution >= 0.6 is 0 Å². The minimum absolute atomic E-state index is 1.19. The Morgan fingerprint density at radius 2 is 1.08 bits per heavy atom. The standard InChI is InChI=1S/C24H16/c1-2-16-8-5-9-19-13-21-11-10-20-12-17-6-3-4-7-18(17)14-23(20)24(21)15-22(16)19/h2-15H,1H2. The fourth-order valence-electron chi connectivity index (χ4n) is 3.72. The third-order valence-electron chi connectivity index (χ3n) is 4.95. The molecule has 0 aliphatic rings. The number of hydrogen-bond donors (Lipinski definition) is 0. The highest BCUT2D eigenvalue weighted by atomic mass is 14.1. The van der Waals surface area contributed by atoms with E-state index in [1.54, 1.807) is 0 Å². The Morgan fingerprint density at radius 1 is 0.500 bits per heavy atom. The van der Waals surface area contributed by atoms with Crippen molar-refractivity contribution in [2.75, 3.05) is 0 Å². The Balaban J connectivity index is 1.99. The molecule has 0 saturated carbocycles. The molecule has 0 atom stereocenters. The highest BCUT2D eigenvalue weighted by Crippen LogP contribution is 2.33. The highest BCUT2D eigenvalue weighted by Gasteiger charge is 2.06. The maximum atomic E-state index is 3.96. The molecule has 0 bridgehead atoms. The largest absolute Gasteiger partial charge is 0.0984 e. The normalized spacial score (nSPS) is 11.5. The van der Waals surface area contributed by atoms with E-state index in [1.807, 2.05) is 6.08 Å². The topological polar surface area (TPSA) is 0 Å². The summed E-state index contributed by atoms with van der Waals surface area (Å²) in [6, 6.07) is 28.6. The lowest BCUT2D eigenvalue weighted by atomic mass is 9.94. The summed E-state index contributed by atoms with van der Waals surface area (Å²) in [6.45, 7) is 3.96. The molecule has 0 radical (unpaired) electrons. The molecule has 24 heavy (non-hydrogen) atoms. The average molecular weight is 304 g/mol. The first-order valence-electron chi connectivity index (χ1n) is 8.24. The second-order valence-corrected chi connectivity index (χ2v) is 6.33. The molecule has 5 rings (SSSR count). The molecule has 0 spiro atoms. The van der Waals surface area contributed by atoms with Gasteiger partial charge in [-0.25, -0.2) is 0 Å². The SMILES string of the molecule is C=Cc1cccc2cc3ccc4cc5ccccc5cc4c3cc12. The Hall–Kier alpha value is -3.12. The van der Waals surface area contributed by atoms with Crippen LogP contribution in [0, 0.1) is 0 Å². The molecule has 0 N–H and O–H groups in total. The zero-order chi connectivity index (χ0) is 16.1. The molecule has 0 amide bonds. The van der Waals surface area contributed by atoms with Gasteiger partial charge in [0.1, 0.15) is 0 Å². The highest BCUT2D eigenvalue weighted by molar-refractivity contribution is 6.15. The molecule has 5 aromatic carbocycles. The van der Waals surface area contributed by atoms with E-state index in [2.05, 4.69) is 85.4 Å².